The number of benzene rings is 1. The molecule has 2 aromatic rings. The van der Waals surface area contributed by atoms with Crippen LogP contribution in [0.1, 0.15) is 42.1 Å². The van der Waals surface area contributed by atoms with Gasteiger partial charge in [0.15, 0.2) is 5.13 Å². The van der Waals surface area contributed by atoms with E-state index in [1.807, 2.05) is 30.3 Å². The number of hydrogen-bond acceptors (Lipinski definition) is 5. The topological polar surface area (TPSA) is 42.4 Å². The average Bonchev–Trinajstić information content (AvgIpc) is 3.01. The van der Waals surface area contributed by atoms with Gasteiger partial charge in [-0.15, -0.1) is 0 Å². The fourth-order valence-corrected chi connectivity index (χ4v) is 3.32. The lowest BCUT2D eigenvalue weighted by Gasteiger charge is -2.21. The van der Waals surface area contributed by atoms with E-state index in [0.29, 0.717) is 15.7 Å². The van der Waals surface area contributed by atoms with E-state index in [1.165, 1.54) is 18.3 Å². The highest BCUT2D eigenvalue weighted by Gasteiger charge is 2.20. The summed E-state index contributed by atoms with van der Waals surface area (Å²) >= 11 is 1.26. The highest BCUT2D eigenvalue weighted by atomic mass is 32.1. The number of aromatic nitrogens is 1. The summed E-state index contributed by atoms with van der Waals surface area (Å²) in [5.41, 5.74) is 1.51. The minimum absolute atomic E-state index is 0.0186. The van der Waals surface area contributed by atoms with E-state index in [1.54, 1.807) is 6.92 Å². The van der Waals surface area contributed by atoms with Gasteiger partial charge >= 0.3 is 5.97 Å². The van der Waals surface area contributed by atoms with Crippen LogP contribution in [0.15, 0.2) is 42.0 Å². The molecule has 1 aromatic carbocycles. The molecule has 0 amide bonds. The van der Waals surface area contributed by atoms with Gasteiger partial charge in [-0.3, -0.25) is 0 Å². The Morgan fingerprint density at radius 2 is 1.96 bits per heavy atom. The number of hydrogen-bond donors (Lipinski definition) is 0. The summed E-state index contributed by atoms with van der Waals surface area (Å²) in [4.78, 5) is 19.2. The fourth-order valence-electron chi connectivity index (χ4n) is 2.31. The van der Waals surface area contributed by atoms with Crippen molar-refractivity contribution in [3.63, 3.8) is 0 Å². The number of esters is 1. The fraction of sp³-hybridized carbons (Fsp3) is 0.368. The van der Waals surface area contributed by atoms with Crippen molar-refractivity contribution in [2.45, 2.75) is 33.6 Å². The lowest BCUT2D eigenvalue weighted by molar-refractivity contribution is 0.0512. The monoisotopic (exact) mass is 380 g/mol. The van der Waals surface area contributed by atoms with Crippen LogP contribution in [0.3, 0.4) is 0 Å². The van der Waals surface area contributed by atoms with Crippen molar-refractivity contribution < 1.29 is 18.3 Å². The van der Waals surface area contributed by atoms with Gasteiger partial charge in [0.25, 0.3) is 6.08 Å². The number of ether oxygens (including phenoxy) is 1. The molecule has 0 saturated carbocycles. The average molecular weight is 380 g/mol. The highest BCUT2D eigenvalue weighted by molar-refractivity contribution is 7.17. The largest absolute Gasteiger partial charge is 0.461 e. The van der Waals surface area contributed by atoms with Crippen molar-refractivity contribution in [3.05, 3.63) is 52.6 Å². The predicted octanol–water partition coefficient (Wildman–Crippen LogP) is 5.72. The van der Waals surface area contributed by atoms with Crippen molar-refractivity contribution >= 4 is 28.1 Å². The number of carbonyl (C=O) groups excluding carboxylic acids is 1. The van der Waals surface area contributed by atoms with E-state index in [-0.39, 0.29) is 18.6 Å². The Balaban J connectivity index is 2.14. The first-order valence-corrected chi connectivity index (χ1v) is 9.23. The molecule has 0 bridgehead atoms. The third-order valence-corrected chi connectivity index (χ3v) is 4.91. The molecule has 0 fully saturated rings. The third kappa shape index (κ3) is 5.11. The van der Waals surface area contributed by atoms with Crippen LogP contribution in [0.4, 0.5) is 19.6 Å². The van der Waals surface area contributed by atoms with Gasteiger partial charge in [0, 0.05) is 18.7 Å². The molecule has 0 N–H and O–H groups in total. The second-order valence-electron chi connectivity index (χ2n) is 5.82. The number of carbonyl (C=O) groups is 1. The summed E-state index contributed by atoms with van der Waals surface area (Å²) in [6.45, 7) is 5.84. The Morgan fingerprint density at radius 3 is 2.58 bits per heavy atom. The molecular weight excluding hydrogens is 358 g/mol. The normalized spacial score (nSPS) is 10.5. The van der Waals surface area contributed by atoms with Gasteiger partial charge < -0.3 is 9.64 Å². The van der Waals surface area contributed by atoms with Crippen LogP contribution in [0, 0.1) is 6.92 Å². The Hall–Kier alpha value is -2.28. The van der Waals surface area contributed by atoms with E-state index in [4.69, 9.17) is 4.74 Å². The lowest BCUT2D eigenvalue weighted by Crippen LogP contribution is -2.17. The molecule has 0 saturated heterocycles. The van der Waals surface area contributed by atoms with Crippen LogP contribution < -0.4 is 4.90 Å². The molecule has 0 atom stereocenters. The first-order chi connectivity index (χ1) is 12.4. The summed E-state index contributed by atoms with van der Waals surface area (Å²) in [5, 5.41) is 0.716. The molecule has 0 aliphatic carbocycles. The Bertz CT molecular complexity index is 771. The minimum Gasteiger partial charge on any atom is -0.461 e. The van der Waals surface area contributed by atoms with Gasteiger partial charge in [-0.25, -0.2) is 9.78 Å². The van der Waals surface area contributed by atoms with Crippen LogP contribution >= 0.6 is 11.3 Å². The van der Waals surface area contributed by atoms with Crippen LogP contribution in [-0.2, 0) is 4.74 Å². The molecule has 1 heterocycles. The summed E-state index contributed by atoms with van der Waals surface area (Å²) in [5.74, 6) is -0.525. The summed E-state index contributed by atoms with van der Waals surface area (Å²) in [7, 11) is 0. The van der Waals surface area contributed by atoms with Gasteiger partial charge in [0.2, 0.25) is 0 Å². The number of thiazole rings is 1. The molecule has 0 aliphatic heterocycles. The van der Waals surface area contributed by atoms with E-state index in [2.05, 4.69) is 16.8 Å². The molecular formula is C19H22F2N2O2S. The molecule has 2 rings (SSSR count). The Labute approximate surface area is 156 Å². The smallest absolute Gasteiger partial charge is 0.350 e. The van der Waals surface area contributed by atoms with Crippen molar-refractivity contribution in [1.29, 1.82) is 0 Å². The van der Waals surface area contributed by atoms with E-state index >= 15 is 0 Å². The van der Waals surface area contributed by atoms with E-state index < -0.39 is 12.0 Å². The zero-order valence-electron chi connectivity index (χ0n) is 15.1. The maximum atomic E-state index is 12.4. The zero-order valence-corrected chi connectivity index (χ0v) is 15.9. The van der Waals surface area contributed by atoms with Crippen LogP contribution in [0.25, 0.3) is 0 Å². The van der Waals surface area contributed by atoms with Gasteiger partial charge in [-0.2, -0.15) is 8.78 Å². The molecule has 1 aromatic heterocycles. The molecule has 0 aliphatic rings. The number of rotatable bonds is 8. The highest BCUT2D eigenvalue weighted by Crippen LogP contribution is 2.32. The zero-order chi connectivity index (χ0) is 19.1. The van der Waals surface area contributed by atoms with Crippen molar-refractivity contribution in [2.24, 2.45) is 0 Å². The van der Waals surface area contributed by atoms with Crippen molar-refractivity contribution in [2.75, 3.05) is 18.1 Å². The molecule has 0 radical (unpaired) electrons. The SMILES string of the molecule is CCCN(c1ccccc1)c1nc(C)c(C(=O)OCCC(C)=C(F)F)s1. The number of halogens is 2. The summed E-state index contributed by atoms with van der Waals surface area (Å²) < 4.78 is 29.9. The van der Waals surface area contributed by atoms with Crippen molar-refractivity contribution in [3.8, 4) is 0 Å². The number of aryl methyl sites for hydroxylation is 1. The van der Waals surface area contributed by atoms with E-state index in [9.17, 15) is 13.6 Å². The third-order valence-electron chi connectivity index (χ3n) is 3.75. The molecule has 0 unspecified atom stereocenters. The van der Waals surface area contributed by atoms with Crippen LogP contribution in [0.2, 0.25) is 0 Å². The molecule has 140 valence electrons. The first-order valence-electron chi connectivity index (χ1n) is 8.42. The second kappa shape index (κ2) is 9.43. The molecule has 4 nitrogen and oxygen atoms in total. The van der Waals surface area contributed by atoms with Gasteiger partial charge in [-0.05, 0) is 38.0 Å². The Kier molecular flexibility index (Phi) is 7.26. The standard InChI is InChI=1S/C19H22F2N2O2S/c1-4-11-23(15-8-6-5-7-9-15)19-22-14(3)16(26-19)18(24)25-12-10-13(2)17(20)21/h5-9H,4,10-12H2,1-3H3. The maximum Gasteiger partial charge on any atom is 0.350 e. The first kappa shape index (κ1) is 20.0. The quantitative estimate of drug-likeness (QED) is 0.550. The predicted molar refractivity (Wildman–Crippen MR) is 100 cm³/mol. The van der Waals surface area contributed by atoms with Gasteiger partial charge in [0.05, 0.1) is 12.3 Å². The Morgan fingerprint density at radius 1 is 1.27 bits per heavy atom. The maximum absolute atomic E-state index is 12.4. The number of para-hydroxylation sites is 1. The second-order valence-corrected chi connectivity index (χ2v) is 6.80. The van der Waals surface area contributed by atoms with E-state index in [0.717, 1.165) is 18.7 Å². The molecule has 26 heavy (non-hydrogen) atoms. The molecule has 7 heteroatoms. The molecule has 0 spiro atoms. The number of anilines is 2. The summed E-state index contributed by atoms with van der Waals surface area (Å²) in [6.07, 6.45) is -0.784. The minimum atomic E-state index is -1.73. The van der Waals surface area contributed by atoms with Crippen LogP contribution in [0.5, 0.6) is 0 Å². The summed E-state index contributed by atoms with van der Waals surface area (Å²) in [6, 6.07) is 9.83. The lowest BCUT2D eigenvalue weighted by atomic mass is 10.2. The van der Waals surface area contributed by atoms with Crippen molar-refractivity contribution in [1.82, 2.24) is 4.98 Å². The van der Waals surface area contributed by atoms with Crippen LogP contribution in [-0.4, -0.2) is 24.1 Å². The van der Waals surface area contributed by atoms with Gasteiger partial charge in [0.1, 0.15) is 4.88 Å². The van der Waals surface area contributed by atoms with Gasteiger partial charge in [-0.1, -0.05) is 36.5 Å². The number of nitrogens with zero attached hydrogens (tertiary/aromatic N) is 2.